The fraction of sp³-hybridized carbons (Fsp3) is 0.222. The lowest BCUT2D eigenvalue weighted by Crippen LogP contribution is -2.32. The van der Waals surface area contributed by atoms with Gasteiger partial charge in [0.2, 0.25) is 11.8 Å². The first-order valence-electron chi connectivity index (χ1n) is 11.2. The Morgan fingerprint density at radius 3 is 2.30 bits per heavy atom. The average molecular weight is 441 g/mol. The molecule has 1 heterocycles. The number of aliphatic imine (C=N–C) groups is 1. The summed E-state index contributed by atoms with van der Waals surface area (Å²) in [4.78, 5) is 32.1. The van der Waals surface area contributed by atoms with Crippen LogP contribution < -0.4 is 10.6 Å². The van der Waals surface area contributed by atoms with Crippen molar-refractivity contribution in [1.29, 1.82) is 0 Å². The van der Waals surface area contributed by atoms with Crippen LogP contribution in [0.3, 0.4) is 0 Å². The van der Waals surface area contributed by atoms with Gasteiger partial charge in [0.25, 0.3) is 0 Å². The van der Waals surface area contributed by atoms with E-state index >= 15 is 0 Å². The molecule has 0 radical (unpaired) electrons. The summed E-state index contributed by atoms with van der Waals surface area (Å²) >= 11 is 0. The van der Waals surface area contributed by atoms with Crippen molar-refractivity contribution < 1.29 is 9.59 Å². The number of carbonyl (C=O) groups is 2. The number of amides is 2. The monoisotopic (exact) mass is 440 g/mol. The van der Waals surface area contributed by atoms with Crippen molar-refractivity contribution in [3.05, 3.63) is 90.0 Å². The maximum absolute atomic E-state index is 12.9. The first-order chi connectivity index (χ1) is 16.1. The molecule has 1 atom stereocenters. The fourth-order valence-corrected chi connectivity index (χ4v) is 3.99. The fourth-order valence-electron chi connectivity index (χ4n) is 3.99. The molecular weight excluding hydrogens is 412 g/mol. The van der Waals surface area contributed by atoms with Gasteiger partial charge in [-0.05, 0) is 54.5 Å². The number of hydrogen-bond acceptors (Lipinski definition) is 4. The molecule has 0 saturated carbocycles. The van der Waals surface area contributed by atoms with Gasteiger partial charge in [0.05, 0.1) is 17.9 Å². The number of anilines is 2. The smallest absolute Gasteiger partial charge is 0.238 e. The number of rotatable bonds is 8. The lowest BCUT2D eigenvalue weighted by molar-refractivity contribution is -0.117. The minimum atomic E-state index is -0.489. The summed E-state index contributed by atoms with van der Waals surface area (Å²) in [5.41, 5.74) is 4.76. The lowest BCUT2D eigenvalue weighted by Gasteiger charge is -2.17. The van der Waals surface area contributed by atoms with Gasteiger partial charge in [0, 0.05) is 11.4 Å². The molecule has 0 bridgehead atoms. The Morgan fingerprint density at radius 2 is 1.61 bits per heavy atom. The van der Waals surface area contributed by atoms with Gasteiger partial charge in [-0.3, -0.25) is 19.5 Å². The summed E-state index contributed by atoms with van der Waals surface area (Å²) in [5, 5.41) is 5.90. The molecule has 2 N–H and O–H groups in total. The third kappa shape index (κ3) is 5.18. The predicted molar refractivity (Wildman–Crippen MR) is 133 cm³/mol. The molecule has 4 rings (SSSR count). The largest absolute Gasteiger partial charge is 0.325 e. The second kappa shape index (κ2) is 10.2. The van der Waals surface area contributed by atoms with E-state index in [1.54, 1.807) is 0 Å². The van der Waals surface area contributed by atoms with Crippen LogP contribution in [0.25, 0.3) is 0 Å². The molecule has 3 aromatic rings. The van der Waals surface area contributed by atoms with E-state index in [2.05, 4.69) is 15.5 Å². The van der Waals surface area contributed by atoms with Crippen molar-refractivity contribution in [2.45, 2.75) is 19.8 Å². The maximum atomic E-state index is 12.9. The van der Waals surface area contributed by atoms with Crippen LogP contribution in [0, 0.1) is 0 Å². The van der Waals surface area contributed by atoms with Crippen molar-refractivity contribution in [1.82, 2.24) is 4.90 Å². The molecule has 0 fully saturated rings. The highest BCUT2D eigenvalue weighted by Gasteiger charge is 2.35. The quantitative estimate of drug-likeness (QED) is 0.493. The third-order valence-electron chi connectivity index (χ3n) is 5.80. The van der Waals surface area contributed by atoms with Gasteiger partial charge in [-0.15, -0.1) is 0 Å². The molecular formula is C27H28N4O2. The number of hydrogen-bond donors (Lipinski definition) is 2. The molecule has 6 nitrogen and oxygen atoms in total. The van der Waals surface area contributed by atoms with Crippen LogP contribution in [0.2, 0.25) is 0 Å². The molecule has 168 valence electrons. The van der Waals surface area contributed by atoms with Gasteiger partial charge in [-0.2, -0.15) is 0 Å². The first-order valence-corrected chi connectivity index (χ1v) is 11.2. The summed E-state index contributed by atoms with van der Waals surface area (Å²) in [7, 11) is 0. The number of nitrogens with one attached hydrogen (secondary N) is 2. The highest BCUT2D eigenvalue weighted by Crippen LogP contribution is 2.36. The molecule has 33 heavy (non-hydrogen) atoms. The third-order valence-corrected chi connectivity index (χ3v) is 5.80. The van der Waals surface area contributed by atoms with E-state index in [1.165, 1.54) is 0 Å². The van der Waals surface area contributed by atoms with Crippen molar-refractivity contribution in [3.8, 4) is 0 Å². The van der Waals surface area contributed by atoms with Crippen LogP contribution in [0.4, 0.5) is 17.1 Å². The topological polar surface area (TPSA) is 73.8 Å². The van der Waals surface area contributed by atoms with Crippen molar-refractivity contribution in [3.63, 3.8) is 0 Å². The standard InChI is InChI=1S/C27H28N4O2/c1-3-31(4-2)18-24(32)28-20-14-16-21(17-15-20)29-26(19-10-6-5-7-11-19)25-22-12-8-9-13-23(22)30-27(25)33/h5-17,25H,3-4,18H2,1-2H3,(H,28,32)(H,30,33). The Morgan fingerprint density at radius 1 is 0.939 bits per heavy atom. The van der Waals surface area contributed by atoms with Gasteiger partial charge in [0.1, 0.15) is 5.92 Å². The number of fused-ring (bicyclic) bond motifs is 1. The first kappa shape index (κ1) is 22.4. The number of para-hydroxylation sites is 1. The lowest BCUT2D eigenvalue weighted by atomic mass is 9.90. The minimum Gasteiger partial charge on any atom is -0.325 e. The zero-order chi connectivity index (χ0) is 23.2. The van der Waals surface area contributed by atoms with Crippen LogP contribution in [-0.4, -0.2) is 42.1 Å². The number of likely N-dealkylation sites (N-methyl/N-ethyl adjacent to an activating group) is 1. The van der Waals surface area contributed by atoms with E-state index in [1.807, 2.05) is 92.7 Å². The predicted octanol–water partition coefficient (Wildman–Crippen LogP) is 4.82. The van der Waals surface area contributed by atoms with E-state index < -0.39 is 5.92 Å². The molecule has 2 amide bonds. The molecule has 0 aromatic heterocycles. The Balaban J connectivity index is 1.61. The zero-order valence-corrected chi connectivity index (χ0v) is 18.9. The molecule has 0 saturated heterocycles. The molecule has 0 spiro atoms. The van der Waals surface area contributed by atoms with Crippen molar-refractivity contribution >= 4 is 34.6 Å². The van der Waals surface area contributed by atoms with Crippen LogP contribution in [0.15, 0.2) is 83.9 Å². The SMILES string of the molecule is CCN(CC)CC(=O)Nc1ccc(N=C(c2ccccc2)C2C(=O)Nc3ccccc32)cc1. The van der Waals surface area contributed by atoms with Gasteiger partial charge in [-0.25, -0.2) is 0 Å². The minimum absolute atomic E-state index is 0.0424. The molecule has 6 heteroatoms. The summed E-state index contributed by atoms with van der Waals surface area (Å²) in [6, 6.07) is 24.9. The summed E-state index contributed by atoms with van der Waals surface area (Å²) in [5.74, 6) is -0.615. The molecule has 1 unspecified atom stereocenters. The van der Waals surface area contributed by atoms with Crippen LogP contribution >= 0.6 is 0 Å². The van der Waals surface area contributed by atoms with E-state index in [9.17, 15) is 9.59 Å². The van der Waals surface area contributed by atoms with Gasteiger partial charge >= 0.3 is 0 Å². The summed E-state index contributed by atoms with van der Waals surface area (Å²) < 4.78 is 0. The highest BCUT2D eigenvalue weighted by atomic mass is 16.2. The molecule has 3 aromatic carbocycles. The average Bonchev–Trinajstić information content (AvgIpc) is 3.18. The molecule has 1 aliphatic heterocycles. The molecule has 1 aliphatic rings. The van der Waals surface area contributed by atoms with E-state index in [-0.39, 0.29) is 11.8 Å². The summed E-state index contributed by atoms with van der Waals surface area (Å²) in [6.07, 6.45) is 0. The van der Waals surface area contributed by atoms with Crippen LogP contribution in [0.1, 0.15) is 30.9 Å². The van der Waals surface area contributed by atoms with Crippen molar-refractivity contribution in [2.75, 3.05) is 30.3 Å². The van der Waals surface area contributed by atoms with Gasteiger partial charge < -0.3 is 10.6 Å². The Hall–Kier alpha value is -3.77. The van der Waals surface area contributed by atoms with Crippen molar-refractivity contribution in [2.24, 2.45) is 4.99 Å². The normalized spacial score (nSPS) is 15.3. The number of carbonyl (C=O) groups excluding carboxylic acids is 2. The van der Waals surface area contributed by atoms with E-state index in [0.717, 1.165) is 35.6 Å². The Kier molecular flexibility index (Phi) is 6.95. The van der Waals surface area contributed by atoms with E-state index in [0.29, 0.717) is 17.9 Å². The second-order valence-electron chi connectivity index (χ2n) is 7.93. The van der Waals surface area contributed by atoms with Crippen LogP contribution in [-0.2, 0) is 9.59 Å². The Bertz CT molecular complexity index is 1150. The second-order valence-corrected chi connectivity index (χ2v) is 7.93. The van der Waals surface area contributed by atoms with E-state index in [4.69, 9.17) is 4.99 Å². The van der Waals surface area contributed by atoms with Gasteiger partial charge in [0.15, 0.2) is 0 Å². The molecule has 0 aliphatic carbocycles. The number of nitrogens with zero attached hydrogens (tertiary/aromatic N) is 2. The zero-order valence-electron chi connectivity index (χ0n) is 18.9. The highest BCUT2D eigenvalue weighted by molar-refractivity contribution is 6.24. The van der Waals surface area contributed by atoms with Crippen LogP contribution in [0.5, 0.6) is 0 Å². The maximum Gasteiger partial charge on any atom is 0.238 e. The Labute approximate surface area is 194 Å². The van der Waals surface area contributed by atoms with Gasteiger partial charge in [-0.1, -0.05) is 62.4 Å². The summed E-state index contributed by atoms with van der Waals surface area (Å²) in [6.45, 7) is 6.10. The number of benzene rings is 3.